The molecule has 1 aromatic carbocycles. The molecular formula is C18H25NO4. The fraction of sp³-hybridized carbons (Fsp3) is 0.611. The molecule has 2 aliphatic rings. The van der Waals surface area contributed by atoms with Crippen LogP contribution in [0.2, 0.25) is 0 Å². The summed E-state index contributed by atoms with van der Waals surface area (Å²) in [5.41, 5.74) is 0.998. The minimum atomic E-state index is -0.924. The molecule has 0 unspecified atom stereocenters. The molecule has 23 heavy (non-hydrogen) atoms. The molecule has 4 atom stereocenters. The Labute approximate surface area is 136 Å². The Hall–Kier alpha value is -1.59. The molecule has 0 spiro atoms. The Morgan fingerprint density at radius 3 is 2.43 bits per heavy atom. The van der Waals surface area contributed by atoms with Gasteiger partial charge in [0.2, 0.25) is 5.91 Å². The molecule has 5 nitrogen and oxygen atoms in total. The molecule has 0 bridgehead atoms. The number of amides is 1. The van der Waals surface area contributed by atoms with Crippen LogP contribution < -0.4 is 10.1 Å². The molecule has 1 amide bonds. The Morgan fingerprint density at radius 1 is 1.17 bits per heavy atom. The first-order valence-corrected chi connectivity index (χ1v) is 8.40. The molecule has 5 heteroatoms. The number of nitrogens with one attached hydrogen (secondary N) is 1. The van der Waals surface area contributed by atoms with E-state index in [9.17, 15) is 15.0 Å². The van der Waals surface area contributed by atoms with E-state index in [4.69, 9.17) is 4.74 Å². The number of ether oxygens (including phenoxy) is 1. The molecule has 126 valence electrons. The highest BCUT2D eigenvalue weighted by Gasteiger charge is 2.43. The number of aliphatic hydroxyl groups is 2. The van der Waals surface area contributed by atoms with Gasteiger partial charge in [-0.3, -0.25) is 4.79 Å². The van der Waals surface area contributed by atoms with Gasteiger partial charge in [0.15, 0.2) is 0 Å². The second-order valence-electron chi connectivity index (χ2n) is 6.69. The van der Waals surface area contributed by atoms with Crippen LogP contribution in [-0.2, 0) is 4.79 Å². The second-order valence-corrected chi connectivity index (χ2v) is 6.69. The van der Waals surface area contributed by atoms with Gasteiger partial charge in [-0.2, -0.15) is 0 Å². The highest BCUT2D eigenvalue weighted by molar-refractivity contribution is 5.79. The molecule has 2 saturated carbocycles. The Kier molecular flexibility index (Phi) is 4.87. The predicted octanol–water partition coefficient (Wildman–Crippen LogP) is 1.58. The maximum absolute atomic E-state index is 12.4. The van der Waals surface area contributed by atoms with Crippen LogP contribution >= 0.6 is 0 Å². The summed E-state index contributed by atoms with van der Waals surface area (Å²) in [6, 6.07) is 7.16. The summed E-state index contributed by atoms with van der Waals surface area (Å²) in [6.45, 7) is 0. The van der Waals surface area contributed by atoms with Gasteiger partial charge in [-0.25, -0.2) is 0 Å². The first-order valence-electron chi connectivity index (χ1n) is 8.40. The van der Waals surface area contributed by atoms with E-state index in [0.29, 0.717) is 6.42 Å². The van der Waals surface area contributed by atoms with Crippen LogP contribution in [-0.4, -0.2) is 41.5 Å². The molecule has 3 N–H and O–H groups in total. The number of methoxy groups -OCH3 is 1. The molecule has 0 radical (unpaired) electrons. The van der Waals surface area contributed by atoms with Crippen molar-refractivity contribution in [1.82, 2.24) is 5.32 Å². The molecular weight excluding hydrogens is 294 g/mol. The van der Waals surface area contributed by atoms with Gasteiger partial charge in [-0.15, -0.1) is 0 Å². The van der Waals surface area contributed by atoms with Crippen LogP contribution in [0.3, 0.4) is 0 Å². The lowest BCUT2D eigenvalue weighted by molar-refractivity contribution is -0.126. The van der Waals surface area contributed by atoms with Gasteiger partial charge in [0, 0.05) is 11.8 Å². The van der Waals surface area contributed by atoms with E-state index in [1.165, 1.54) is 0 Å². The number of hydrogen-bond acceptors (Lipinski definition) is 4. The molecule has 0 aliphatic heterocycles. The SMILES string of the molecule is COc1ccc([C@H]2C[C@@H](O)[C@@H](O)[C@@H]2NC(=O)C2CCCC2)cc1. The zero-order valence-electron chi connectivity index (χ0n) is 13.4. The summed E-state index contributed by atoms with van der Waals surface area (Å²) in [4.78, 5) is 12.4. The summed E-state index contributed by atoms with van der Waals surface area (Å²) >= 11 is 0. The standard InChI is InChI=1S/C18H25NO4/c1-23-13-8-6-11(7-9-13)14-10-15(20)17(21)16(14)19-18(22)12-4-2-3-5-12/h6-9,12,14-17,20-21H,2-5,10H2,1H3,(H,19,22)/t14-,15-,16-,17-/m1/s1. The fourth-order valence-corrected chi connectivity index (χ4v) is 3.87. The van der Waals surface area contributed by atoms with Crippen LogP contribution in [0.1, 0.15) is 43.6 Å². The second kappa shape index (κ2) is 6.89. The number of carbonyl (C=O) groups is 1. The lowest BCUT2D eigenvalue weighted by atomic mass is 9.93. The quantitative estimate of drug-likeness (QED) is 0.787. The Bertz CT molecular complexity index is 538. The van der Waals surface area contributed by atoms with E-state index < -0.39 is 18.2 Å². The zero-order chi connectivity index (χ0) is 16.4. The lowest BCUT2D eigenvalue weighted by Gasteiger charge is -2.25. The first kappa shape index (κ1) is 16.3. The van der Waals surface area contributed by atoms with Gasteiger partial charge < -0.3 is 20.3 Å². The third kappa shape index (κ3) is 3.35. The Balaban J connectivity index is 1.75. The molecule has 0 aromatic heterocycles. The van der Waals surface area contributed by atoms with Crippen molar-refractivity contribution in [2.75, 3.05) is 7.11 Å². The lowest BCUT2D eigenvalue weighted by Crippen LogP contribution is -2.47. The van der Waals surface area contributed by atoms with Crippen LogP contribution in [0.15, 0.2) is 24.3 Å². The maximum atomic E-state index is 12.4. The van der Waals surface area contributed by atoms with E-state index in [1.54, 1.807) is 7.11 Å². The minimum Gasteiger partial charge on any atom is -0.497 e. The maximum Gasteiger partial charge on any atom is 0.223 e. The van der Waals surface area contributed by atoms with Crippen molar-refractivity contribution in [3.8, 4) is 5.75 Å². The van der Waals surface area contributed by atoms with E-state index in [-0.39, 0.29) is 17.7 Å². The normalized spacial score (nSPS) is 31.3. The topological polar surface area (TPSA) is 78.8 Å². The van der Waals surface area contributed by atoms with Crippen LogP contribution in [0.25, 0.3) is 0 Å². The van der Waals surface area contributed by atoms with Crippen molar-refractivity contribution >= 4 is 5.91 Å². The summed E-state index contributed by atoms with van der Waals surface area (Å²) in [5.74, 6) is 0.742. The predicted molar refractivity (Wildman–Crippen MR) is 86.3 cm³/mol. The highest BCUT2D eigenvalue weighted by atomic mass is 16.5. The van der Waals surface area contributed by atoms with E-state index >= 15 is 0 Å². The monoisotopic (exact) mass is 319 g/mol. The molecule has 2 aliphatic carbocycles. The van der Waals surface area contributed by atoms with E-state index in [1.807, 2.05) is 24.3 Å². The number of hydrogen-bond donors (Lipinski definition) is 3. The number of benzene rings is 1. The van der Waals surface area contributed by atoms with Crippen molar-refractivity contribution < 1.29 is 19.7 Å². The number of aliphatic hydroxyl groups excluding tert-OH is 2. The van der Waals surface area contributed by atoms with Gasteiger partial charge in [-0.1, -0.05) is 25.0 Å². The van der Waals surface area contributed by atoms with Crippen molar-refractivity contribution in [2.24, 2.45) is 5.92 Å². The van der Waals surface area contributed by atoms with E-state index in [2.05, 4.69) is 5.32 Å². The third-order valence-corrected chi connectivity index (χ3v) is 5.27. The molecule has 1 aromatic rings. The van der Waals surface area contributed by atoms with Gasteiger partial charge in [0.05, 0.1) is 19.3 Å². The first-order chi connectivity index (χ1) is 11.1. The van der Waals surface area contributed by atoms with E-state index in [0.717, 1.165) is 37.0 Å². The van der Waals surface area contributed by atoms with Crippen molar-refractivity contribution in [2.45, 2.75) is 56.3 Å². The smallest absolute Gasteiger partial charge is 0.223 e. The Morgan fingerprint density at radius 2 is 1.83 bits per heavy atom. The summed E-state index contributed by atoms with van der Waals surface area (Å²) in [7, 11) is 1.61. The van der Waals surface area contributed by atoms with Crippen LogP contribution in [0, 0.1) is 5.92 Å². The minimum absolute atomic E-state index is 0.0131. The fourth-order valence-electron chi connectivity index (χ4n) is 3.87. The molecule has 0 saturated heterocycles. The van der Waals surface area contributed by atoms with Crippen molar-refractivity contribution in [3.63, 3.8) is 0 Å². The average molecular weight is 319 g/mol. The van der Waals surface area contributed by atoms with Crippen molar-refractivity contribution in [1.29, 1.82) is 0 Å². The third-order valence-electron chi connectivity index (χ3n) is 5.27. The molecule has 0 heterocycles. The summed E-state index contributed by atoms with van der Waals surface area (Å²) in [6.07, 6.45) is 2.74. The van der Waals surface area contributed by atoms with Crippen LogP contribution in [0.5, 0.6) is 5.75 Å². The van der Waals surface area contributed by atoms with Gasteiger partial charge in [-0.05, 0) is 37.0 Å². The summed E-state index contributed by atoms with van der Waals surface area (Å²) < 4.78 is 5.16. The number of rotatable bonds is 4. The van der Waals surface area contributed by atoms with Gasteiger partial charge >= 0.3 is 0 Å². The summed E-state index contributed by atoms with van der Waals surface area (Å²) in [5, 5.41) is 23.3. The largest absolute Gasteiger partial charge is 0.497 e. The van der Waals surface area contributed by atoms with Crippen molar-refractivity contribution in [3.05, 3.63) is 29.8 Å². The average Bonchev–Trinajstić information content (AvgIpc) is 3.19. The zero-order valence-corrected chi connectivity index (χ0v) is 13.4. The molecule has 3 rings (SSSR count). The highest BCUT2D eigenvalue weighted by Crippen LogP contribution is 2.36. The molecule has 2 fully saturated rings. The van der Waals surface area contributed by atoms with Gasteiger partial charge in [0.25, 0.3) is 0 Å². The van der Waals surface area contributed by atoms with Gasteiger partial charge in [0.1, 0.15) is 11.9 Å². The number of carbonyl (C=O) groups excluding carboxylic acids is 1. The van der Waals surface area contributed by atoms with Crippen LogP contribution in [0.4, 0.5) is 0 Å².